The molecular weight excluding hydrogens is 258 g/mol. The van der Waals surface area contributed by atoms with Crippen LogP contribution in [0.3, 0.4) is 0 Å². The van der Waals surface area contributed by atoms with Gasteiger partial charge in [0.25, 0.3) is 0 Å². The van der Waals surface area contributed by atoms with E-state index in [4.69, 9.17) is 9.47 Å². The zero-order valence-corrected chi connectivity index (χ0v) is 12.4. The van der Waals surface area contributed by atoms with E-state index < -0.39 is 11.5 Å². The Hall–Kier alpha value is -1.33. The van der Waals surface area contributed by atoms with Gasteiger partial charge in [-0.3, -0.25) is 5.32 Å². The van der Waals surface area contributed by atoms with Crippen molar-refractivity contribution in [1.82, 2.24) is 0 Å². The predicted octanol–water partition coefficient (Wildman–Crippen LogP) is 3.15. The van der Waals surface area contributed by atoms with Crippen LogP contribution < -0.4 is 5.32 Å². The Morgan fingerprint density at radius 3 is 2.84 bits per heavy atom. The molecule has 0 spiro atoms. The fourth-order valence-corrected chi connectivity index (χ4v) is 2.96. The van der Waals surface area contributed by atoms with E-state index in [-0.39, 0.29) is 0 Å². The molecule has 19 heavy (non-hydrogen) atoms. The number of carbonyl (C=O) groups is 1. The highest BCUT2D eigenvalue weighted by atomic mass is 28.2. The molecule has 102 valence electrons. The summed E-state index contributed by atoms with van der Waals surface area (Å²) in [7, 11) is 0.423. The fourth-order valence-electron chi connectivity index (χ4n) is 2.10. The van der Waals surface area contributed by atoms with Gasteiger partial charge in [0, 0.05) is 12.1 Å². The van der Waals surface area contributed by atoms with Crippen LogP contribution in [0.2, 0.25) is 6.55 Å². The van der Waals surface area contributed by atoms with E-state index in [2.05, 4.69) is 5.32 Å². The molecule has 1 N–H and O–H groups in total. The van der Waals surface area contributed by atoms with Crippen molar-refractivity contribution in [2.75, 3.05) is 11.9 Å². The fraction of sp³-hybridized carbons (Fsp3) is 0.500. The normalized spacial score (nSPS) is 22.8. The van der Waals surface area contributed by atoms with E-state index in [1.54, 1.807) is 0 Å². The second-order valence-electron chi connectivity index (χ2n) is 4.64. The van der Waals surface area contributed by atoms with Gasteiger partial charge in [0.05, 0.1) is 6.61 Å². The van der Waals surface area contributed by atoms with Gasteiger partial charge in [0.15, 0.2) is 5.41 Å². The van der Waals surface area contributed by atoms with Crippen LogP contribution in [0.25, 0.3) is 0 Å². The molecule has 1 aliphatic heterocycles. The zero-order chi connectivity index (χ0) is 13.7. The van der Waals surface area contributed by atoms with Crippen molar-refractivity contribution < 1.29 is 14.3 Å². The van der Waals surface area contributed by atoms with Crippen LogP contribution in [-0.4, -0.2) is 27.6 Å². The van der Waals surface area contributed by atoms with Crippen LogP contribution in [0.4, 0.5) is 10.5 Å². The Kier molecular flexibility index (Phi) is 4.60. The van der Waals surface area contributed by atoms with E-state index in [0.29, 0.717) is 16.1 Å². The molecule has 1 saturated heterocycles. The number of rotatable bonds is 3. The molecule has 0 saturated carbocycles. The predicted molar refractivity (Wildman–Crippen MR) is 75.4 cm³/mol. The molecule has 0 aliphatic carbocycles. The number of hydrogen-bond acceptors (Lipinski definition) is 3. The van der Waals surface area contributed by atoms with E-state index >= 15 is 0 Å². The van der Waals surface area contributed by atoms with Gasteiger partial charge in [0.2, 0.25) is 0 Å². The molecule has 2 radical (unpaired) electrons. The first kappa shape index (κ1) is 14.1. The van der Waals surface area contributed by atoms with Gasteiger partial charge in [-0.2, -0.15) is 0 Å². The Bertz CT molecular complexity index is 444. The van der Waals surface area contributed by atoms with Gasteiger partial charge in [0.1, 0.15) is 9.52 Å². The van der Waals surface area contributed by atoms with Crippen molar-refractivity contribution >= 4 is 21.3 Å². The Morgan fingerprint density at radius 1 is 1.42 bits per heavy atom. The van der Waals surface area contributed by atoms with Crippen molar-refractivity contribution in [2.24, 2.45) is 0 Å². The second kappa shape index (κ2) is 6.21. The summed E-state index contributed by atoms with van der Waals surface area (Å²) in [5.74, 6) is 0. The summed E-state index contributed by atoms with van der Waals surface area (Å²) >= 11 is 0. The van der Waals surface area contributed by atoms with Crippen LogP contribution in [0.5, 0.6) is 0 Å². The number of nitrogens with one attached hydrogen (secondary N) is 1. The standard InChI is InChI=1S/C14H19NO3Si/c1-11-7-3-4-8-12(11)15-13(16)18-14(19-2)9-5-6-10-17-14/h3-4,7-8H,5-6,9-10H2,1-2H3,(H,15,16). The molecule has 0 aromatic heterocycles. The van der Waals surface area contributed by atoms with Crippen LogP contribution in [0.15, 0.2) is 24.3 Å². The van der Waals surface area contributed by atoms with Gasteiger partial charge in [-0.15, -0.1) is 0 Å². The van der Waals surface area contributed by atoms with Crippen molar-refractivity contribution in [3.63, 3.8) is 0 Å². The molecule has 1 amide bonds. The van der Waals surface area contributed by atoms with Crippen molar-refractivity contribution in [3.8, 4) is 0 Å². The van der Waals surface area contributed by atoms with E-state index in [1.807, 2.05) is 37.7 Å². The summed E-state index contributed by atoms with van der Waals surface area (Å²) in [6, 6.07) is 7.63. The molecule has 1 heterocycles. The molecule has 4 nitrogen and oxygen atoms in total. The lowest BCUT2D eigenvalue weighted by Gasteiger charge is -2.35. The number of aryl methyl sites for hydroxylation is 1. The van der Waals surface area contributed by atoms with Crippen LogP contribution in [0, 0.1) is 6.92 Å². The highest BCUT2D eigenvalue weighted by Crippen LogP contribution is 2.26. The third-order valence-electron chi connectivity index (χ3n) is 3.26. The van der Waals surface area contributed by atoms with Gasteiger partial charge in [-0.1, -0.05) is 24.7 Å². The number of carbonyl (C=O) groups excluding carboxylic acids is 1. The van der Waals surface area contributed by atoms with Crippen LogP contribution in [0.1, 0.15) is 24.8 Å². The van der Waals surface area contributed by atoms with E-state index in [1.165, 1.54) is 0 Å². The molecule has 0 bridgehead atoms. The lowest BCUT2D eigenvalue weighted by atomic mass is 10.2. The molecule has 1 unspecified atom stereocenters. The maximum Gasteiger partial charge on any atom is 0.413 e. The minimum Gasteiger partial charge on any atom is -0.422 e. The first-order chi connectivity index (χ1) is 9.15. The first-order valence-corrected chi connectivity index (χ1v) is 8.04. The number of para-hydroxylation sites is 1. The number of benzene rings is 1. The topological polar surface area (TPSA) is 47.6 Å². The Labute approximate surface area is 116 Å². The molecule has 1 aliphatic rings. The first-order valence-electron chi connectivity index (χ1n) is 6.54. The molecular formula is C14H19NO3Si. The summed E-state index contributed by atoms with van der Waals surface area (Å²) in [6.07, 6.45) is 2.42. The number of anilines is 1. The maximum atomic E-state index is 12.0. The summed E-state index contributed by atoms with van der Waals surface area (Å²) < 4.78 is 11.2. The monoisotopic (exact) mass is 277 g/mol. The smallest absolute Gasteiger partial charge is 0.413 e. The van der Waals surface area contributed by atoms with Crippen molar-refractivity contribution in [2.45, 2.75) is 38.1 Å². The Balaban J connectivity index is 1.98. The molecule has 1 fully saturated rings. The Morgan fingerprint density at radius 2 is 2.21 bits per heavy atom. The summed E-state index contributed by atoms with van der Waals surface area (Å²) in [6.45, 7) is 4.62. The van der Waals surface area contributed by atoms with Crippen molar-refractivity contribution in [1.29, 1.82) is 0 Å². The SMILES string of the molecule is C[Si]C1(OC(=O)Nc2ccccc2C)CCCCO1. The second-order valence-corrected chi connectivity index (χ2v) is 5.90. The minimum absolute atomic E-state index is 0.423. The maximum absolute atomic E-state index is 12.0. The number of ether oxygens (including phenoxy) is 2. The van der Waals surface area contributed by atoms with Crippen LogP contribution in [-0.2, 0) is 9.47 Å². The van der Waals surface area contributed by atoms with Gasteiger partial charge < -0.3 is 9.47 Å². The summed E-state index contributed by atoms with van der Waals surface area (Å²) in [5.41, 5.74) is 1.07. The number of hydrogen-bond donors (Lipinski definition) is 1. The van der Waals surface area contributed by atoms with E-state index in [9.17, 15) is 4.79 Å². The molecule has 2 rings (SSSR count). The largest absolute Gasteiger partial charge is 0.422 e. The van der Waals surface area contributed by atoms with Crippen LogP contribution >= 0.6 is 0 Å². The van der Waals surface area contributed by atoms with E-state index in [0.717, 1.165) is 30.5 Å². The van der Waals surface area contributed by atoms with Gasteiger partial charge in [-0.25, -0.2) is 4.79 Å². The van der Waals surface area contributed by atoms with Gasteiger partial charge >= 0.3 is 6.09 Å². The highest BCUT2D eigenvalue weighted by molar-refractivity contribution is 6.37. The highest BCUT2D eigenvalue weighted by Gasteiger charge is 2.35. The minimum atomic E-state index is -0.717. The quantitative estimate of drug-likeness (QED) is 0.863. The average Bonchev–Trinajstić information content (AvgIpc) is 2.42. The third-order valence-corrected chi connectivity index (χ3v) is 4.51. The molecule has 1 aromatic rings. The summed E-state index contributed by atoms with van der Waals surface area (Å²) in [4.78, 5) is 12.0. The summed E-state index contributed by atoms with van der Waals surface area (Å²) in [5, 5.41) is 2.78. The van der Waals surface area contributed by atoms with Crippen molar-refractivity contribution in [3.05, 3.63) is 29.8 Å². The third kappa shape index (κ3) is 3.58. The lowest BCUT2D eigenvalue weighted by Crippen LogP contribution is -2.46. The van der Waals surface area contributed by atoms with Gasteiger partial charge in [-0.05, 0) is 31.4 Å². The molecule has 1 atom stereocenters. The number of amides is 1. The lowest BCUT2D eigenvalue weighted by molar-refractivity contribution is -0.162. The molecule has 5 heteroatoms. The zero-order valence-electron chi connectivity index (χ0n) is 11.4. The average molecular weight is 277 g/mol. The molecule has 1 aromatic carbocycles.